The molecule has 1 aliphatic carbocycles. The lowest BCUT2D eigenvalue weighted by Crippen LogP contribution is -2.09. The van der Waals surface area contributed by atoms with E-state index in [4.69, 9.17) is 0 Å². The largest absolute Gasteiger partial charge is 0.0789 e. The first-order chi connectivity index (χ1) is 10.7. The Labute approximate surface area is 158 Å². The van der Waals surface area contributed by atoms with Crippen LogP contribution in [0, 0.1) is 19.3 Å². The van der Waals surface area contributed by atoms with E-state index in [9.17, 15) is 0 Å². The predicted octanol–water partition coefficient (Wildman–Crippen LogP) is 7.35. The molecule has 0 aromatic heterocycles. The van der Waals surface area contributed by atoms with Crippen molar-refractivity contribution in [2.24, 2.45) is 5.41 Å². The summed E-state index contributed by atoms with van der Waals surface area (Å²) in [6.45, 7) is 11.7. The van der Waals surface area contributed by atoms with E-state index >= 15 is 0 Å². The van der Waals surface area contributed by atoms with E-state index in [1.54, 1.807) is 11.1 Å². The van der Waals surface area contributed by atoms with E-state index in [0.717, 1.165) is 0 Å². The molecule has 1 saturated carbocycles. The Kier molecular flexibility index (Phi) is 6.61. The molecule has 0 atom stereocenters. The summed E-state index contributed by atoms with van der Waals surface area (Å²) < 4.78 is 0.672. The molecule has 1 aromatic carbocycles. The van der Waals surface area contributed by atoms with Crippen molar-refractivity contribution in [3.63, 3.8) is 0 Å². The number of benzene rings is 1. The molecule has 130 valence electrons. The van der Waals surface area contributed by atoms with Gasteiger partial charge in [0.25, 0.3) is 0 Å². The highest BCUT2D eigenvalue weighted by molar-refractivity contribution is 14.1. The van der Waals surface area contributed by atoms with Gasteiger partial charge in [-0.25, -0.2) is 0 Å². The molecule has 0 amide bonds. The summed E-state index contributed by atoms with van der Waals surface area (Å²) in [5.41, 5.74) is 6.70. The number of halogens is 1. The Morgan fingerprint density at radius 2 is 1.65 bits per heavy atom. The van der Waals surface area contributed by atoms with E-state index in [0.29, 0.717) is 8.84 Å². The van der Waals surface area contributed by atoms with Gasteiger partial charge in [-0.05, 0) is 92.9 Å². The number of hydrogen-bond acceptors (Lipinski definition) is 0. The highest BCUT2D eigenvalue weighted by Crippen LogP contribution is 2.48. The van der Waals surface area contributed by atoms with Gasteiger partial charge in [-0.1, -0.05) is 61.9 Å². The molecule has 0 saturated heterocycles. The van der Waals surface area contributed by atoms with Crippen molar-refractivity contribution >= 4 is 22.6 Å². The van der Waals surface area contributed by atoms with Gasteiger partial charge < -0.3 is 0 Å². The van der Waals surface area contributed by atoms with Crippen LogP contribution < -0.4 is 0 Å². The van der Waals surface area contributed by atoms with Crippen LogP contribution in [0.2, 0.25) is 0 Å². The average Bonchev–Trinajstić information content (AvgIpc) is 3.20. The highest BCUT2D eigenvalue weighted by Gasteiger charge is 2.38. The van der Waals surface area contributed by atoms with Crippen LogP contribution >= 0.6 is 22.6 Å². The minimum absolute atomic E-state index is 0.502. The molecule has 1 fully saturated rings. The third-order valence-corrected chi connectivity index (χ3v) is 7.49. The lowest BCUT2D eigenvalue weighted by molar-refractivity contribution is 0.313. The Morgan fingerprint density at radius 1 is 1.04 bits per heavy atom. The zero-order valence-electron chi connectivity index (χ0n) is 15.9. The number of aryl methyl sites for hydroxylation is 3. The number of rotatable bonds is 9. The first-order valence-corrected chi connectivity index (χ1v) is 10.6. The molecule has 1 aliphatic rings. The van der Waals surface area contributed by atoms with Crippen LogP contribution in [0.4, 0.5) is 0 Å². The maximum absolute atomic E-state index is 2.68. The lowest BCUT2D eigenvalue weighted by Gasteiger charge is -2.22. The summed E-state index contributed by atoms with van der Waals surface area (Å²) >= 11 is 2.68. The van der Waals surface area contributed by atoms with E-state index < -0.39 is 0 Å². The van der Waals surface area contributed by atoms with Crippen LogP contribution in [0.1, 0.15) is 88.0 Å². The maximum Gasteiger partial charge on any atom is 0.0223 e. The van der Waals surface area contributed by atoms with Crippen molar-refractivity contribution < 1.29 is 0 Å². The Balaban J connectivity index is 1.88. The van der Waals surface area contributed by atoms with Crippen LogP contribution in [-0.4, -0.2) is 3.42 Å². The van der Waals surface area contributed by atoms with Crippen LogP contribution in [0.5, 0.6) is 0 Å². The fraction of sp³-hybridized carbons (Fsp3) is 0.727. The zero-order valence-corrected chi connectivity index (χ0v) is 18.1. The molecule has 0 unspecified atom stereocenters. The fourth-order valence-electron chi connectivity index (χ4n) is 3.54. The van der Waals surface area contributed by atoms with Crippen LogP contribution in [0.15, 0.2) is 12.1 Å². The summed E-state index contributed by atoms with van der Waals surface area (Å²) in [5.74, 6) is 0. The van der Waals surface area contributed by atoms with E-state index in [2.05, 4.69) is 69.3 Å². The summed E-state index contributed by atoms with van der Waals surface area (Å²) in [5, 5.41) is 0. The lowest BCUT2D eigenvalue weighted by atomic mass is 9.84. The molecule has 0 spiro atoms. The van der Waals surface area contributed by atoms with Crippen molar-refractivity contribution in [3.05, 3.63) is 34.4 Å². The normalized spacial score (nSPS) is 16.6. The molecule has 1 aromatic rings. The van der Waals surface area contributed by atoms with Crippen molar-refractivity contribution in [2.45, 2.75) is 95.8 Å². The van der Waals surface area contributed by atoms with Crippen molar-refractivity contribution in [1.82, 2.24) is 0 Å². The molecular weight excluding hydrogens is 391 g/mol. The molecule has 0 bridgehead atoms. The van der Waals surface area contributed by atoms with Crippen LogP contribution in [0.3, 0.4) is 0 Å². The summed E-state index contributed by atoms with van der Waals surface area (Å²) in [6, 6.07) is 4.91. The van der Waals surface area contributed by atoms with Crippen molar-refractivity contribution in [2.75, 3.05) is 0 Å². The molecule has 0 N–H and O–H groups in total. The van der Waals surface area contributed by atoms with Gasteiger partial charge in [-0.3, -0.25) is 0 Å². The predicted molar refractivity (Wildman–Crippen MR) is 112 cm³/mol. The molecule has 1 heteroatoms. The molecule has 0 nitrogen and oxygen atoms in total. The Morgan fingerprint density at radius 3 is 2.17 bits per heavy atom. The third-order valence-electron chi connectivity index (χ3n) is 5.88. The number of alkyl halides is 1. The van der Waals surface area contributed by atoms with Gasteiger partial charge in [0.1, 0.15) is 0 Å². The molecule has 0 heterocycles. The summed E-state index contributed by atoms with van der Waals surface area (Å²) in [7, 11) is 0. The van der Waals surface area contributed by atoms with E-state index in [1.807, 2.05) is 0 Å². The van der Waals surface area contributed by atoms with Gasteiger partial charge in [0.15, 0.2) is 0 Å². The van der Waals surface area contributed by atoms with Gasteiger partial charge in [0.05, 0.1) is 0 Å². The van der Waals surface area contributed by atoms with Crippen LogP contribution in [0.25, 0.3) is 0 Å². The first kappa shape index (κ1) is 19.3. The van der Waals surface area contributed by atoms with Crippen LogP contribution in [-0.2, 0) is 12.8 Å². The van der Waals surface area contributed by atoms with Crippen molar-refractivity contribution in [1.29, 1.82) is 0 Å². The smallest absolute Gasteiger partial charge is 0.0223 e. The van der Waals surface area contributed by atoms with Crippen molar-refractivity contribution in [3.8, 4) is 0 Å². The first-order valence-electron chi connectivity index (χ1n) is 9.53. The van der Waals surface area contributed by atoms with Gasteiger partial charge >= 0.3 is 0 Å². The SMILES string of the molecule is CCC(C)(C)CCCc1cc(C)c(CCCC2(I)CC2)c(C)c1. The zero-order chi connectivity index (χ0) is 17.1. The van der Waals surface area contributed by atoms with Gasteiger partial charge in [-0.2, -0.15) is 0 Å². The molecule has 2 rings (SSSR count). The Hall–Kier alpha value is -0.0500. The fourth-order valence-corrected chi connectivity index (χ4v) is 4.19. The van der Waals surface area contributed by atoms with E-state index in [1.165, 1.54) is 68.9 Å². The average molecular weight is 426 g/mol. The standard InChI is InChI=1S/C22H35I/c1-6-21(4,5)11-7-9-19-15-17(2)20(18(3)16-19)10-8-12-22(23)13-14-22/h15-16H,6-14H2,1-5H3. The second kappa shape index (κ2) is 7.89. The maximum atomic E-state index is 2.68. The monoisotopic (exact) mass is 426 g/mol. The molecule has 23 heavy (non-hydrogen) atoms. The summed E-state index contributed by atoms with van der Waals surface area (Å²) in [4.78, 5) is 0. The Bertz CT molecular complexity index is 500. The van der Waals surface area contributed by atoms with Gasteiger partial charge in [0.2, 0.25) is 0 Å². The highest BCUT2D eigenvalue weighted by atomic mass is 127. The van der Waals surface area contributed by atoms with Gasteiger partial charge in [0, 0.05) is 3.42 Å². The van der Waals surface area contributed by atoms with Gasteiger partial charge in [-0.15, -0.1) is 0 Å². The minimum atomic E-state index is 0.502. The van der Waals surface area contributed by atoms with E-state index in [-0.39, 0.29) is 0 Å². The minimum Gasteiger partial charge on any atom is -0.0789 e. The second-order valence-corrected chi connectivity index (χ2v) is 10.9. The second-order valence-electron chi connectivity index (χ2n) is 8.58. The molecule has 0 radical (unpaired) electrons. The molecule has 0 aliphatic heterocycles. The topological polar surface area (TPSA) is 0 Å². The summed E-state index contributed by atoms with van der Waals surface area (Å²) in [6.07, 6.45) is 12.1. The third kappa shape index (κ3) is 6.07. The quantitative estimate of drug-likeness (QED) is 0.286. The number of hydrogen-bond donors (Lipinski definition) is 0. The molecular formula is C22H35I.